The van der Waals surface area contributed by atoms with Gasteiger partial charge in [0.05, 0.1) is 5.41 Å². The SMILES string of the molecule is CCCC1(C(=O)NCC2(CCOC)CC2)CCNC1. The number of ether oxygens (including phenoxy) is 1. The predicted molar refractivity (Wildman–Crippen MR) is 76.0 cm³/mol. The van der Waals surface area contributed by atoms with E-state index in [-0.39, 0.29) is 11.3 Å². The molecule has 0 spiro atoms. The lowest BCUT2D eigenvalue weighted by Crippen LogP contribution is -2.44. The van der Waals surface area contributed by atoms with Gasteiger partial charge in [0.25, 0.3) is 0 Å². The lowest BCUT2D eigenvalue weighted by Gasteiger charge is -2.28. The standard InChI is InChI=1S/C15H28N2O2/c1-3-4-15(7-9-16-12-15)13(18)17-11-14(5-6-14)8-10-19-2/h16H,3-12H2,1-2H3,(H,17,18). The van der Waals surface area contributed by atoms with Crippen molar-refractivity contribution in [2.24, 2.45) is 10.8 Å². The molecule has 0 aromatic rings. The number of methoxy groups -OCH3 is 1. The van der Waals surface area contributed by atoms with Crippen LogP contribution in [0.15, 0.2) is 0 Å². The fourth-order valence-corrected chi connectivity index (χ4v) is 3.21. The van der Waals surface area contributed by atoms with Crippen molar-refractivity contribution in [2.75, 3.05) is 33.4 Å². The molecule has 2 N–H and O–H groups in total. The van der Waals surface area contributed by atoms with Crippen molar-refractivity contribution < 1.29 is 9.53 Å². The maximum absolute atomic E-state index is 12.5. The second-order valence-electron chi connectivity index (χ2n) is 6.38. The third kappa shape index (κ3) is 3.48. The third-order valence-corrected chi connectivity index (χ3v) is 4.87. The normalized spacial score (nSPS) is 28.3. The van der Waals surface area contributed by atoms with Gasteiger partial charge in [-0.15, -0.1) is 0 Å². The molecule has 0 aromatic heterocycles. The van der Waals surface area contributed by atoms with E-state index >= 15 is 0 Å². The summed E-state index contributed by atoms with van der Waals surface area (Å²) < 4.78 is 5.16. The Bertz CT molecular complexity index is 307. The second-order valence-corrected chi connectivity index (χ2v) is 6.38. The molecule has 4 nitrogen and oxygen atoms in total. The molecular formula is C15H28N2O2. The highest BCUT2D eigenvalue weighted by atomic mass is 16.5. The van der Waals surface area contributed by atoms with Gasteiger partial charge in [-0.3, -0.25) is 4.79 Å². The molecule has 0 radical (unpaired) electrons. The summed E-state index contributed by atoms with van der Waals surface area (Å²) in [5, 5.41) is 6.57. The average molecular weight is 268 g/mol. The number of carbonyl (C=O) groups is 1. The van der Waals surface area contributed by atoms with Crippen molar-refractivity contribution in [2.45, 2.75) is 45.4 Å². The highest BCUT2D eigenvalue weighted by Gasteiger charge is 2.45. The lowest BCUT2D eigenvalue weighted by atomic mass is 9.81. The van der Waals surface area contributed by atoms with Gasteiger partial charge in [0.15, 0.2) is 0 Å². The summed E-state index contributed by atoms with van der Waals surface area (Å²) >= 11 is 0. The van der Waals surface area contributed by atoms with E-state index in [1.54, 1.807) is 7.11 Å². The molecule has 19 heavy (non-hydrogen) atoms. The Hall–Kier alpha value is -0.610. The number of amides is 1. The summed E-state index contributed by atoms with van der Waals surface area (Å²) in [5.41, 5.74) is 0.192. The minimum atomic E-state index is -0.147. The van der Waals surface area contributed by atoms with Crippen molar-refractivity contribution in [1.82, 2.24) is 10.6 Å². The van der Waals surface area contributed by atoms with E-state index in [0.29, 0.717) is 5.41 Å². The first-order valence-electron chi connectivity index (χ1n) is 7.64. The van der Waals surface area contributed by atoms with Crippen LogP contribution >= 0.6 is 0 Å². The van der Waals surface area contributed by atoms with Crippen LogP contribution in [0.2, 0.25) is 0 Å². The predicted octanol–water partition coefficient (Wildman–Crippen LogP) is 1.70. The first kappa shape index (κ1) is 14.8. The number of nitrogens with one attached hydrogen (secondary N) is 2. The Morgan fingerprint density at radius 1 is 1.32 bits per heavy atom. The zero-order valence-corrected chi connectivity index (χ0v) is 12.4. The lowest BCUT2D eigenvalue weighted by molar-refractivity contribution is -0.130. The number of hydrogen-bond donors (Lipinski definition) is 2. The molecular weight excluding hydrogens is 240 g/mol. The molecule has 2 aliphatic rings. The summed E-state index contributed by atoms with van der Waals surface area (Å²) in [4.78, 5) is 12.5. The molecule has 1 aliphatic carbocycles. The highest BCUT2D eigenvalue weighted by Crippen LogP contribution is 2.48. The molecule has 1 saturated heterocycles. The molecule has 4 heteroatoms. The van der Waals surface area contributed by atoms with Crippen LogP contribution in [0.3, 0.4) is 0 Å². The first-order chi connectivity index (χ1) is 9.16. The summed E-state index contributed by atoms with van der Waals surface area (Å²) in [7, 11) is 1.75. The van der Waals surface area contributed by atoms with Gasteiger partial charge in [0.1, 0.15) is 0 Å². The van der Waals surface area contributed by atoms with Crippen LogP contribution in [0.4, 0.5) is 0 Å². The zero-order chi connectivity index (χ0) is 13.8. The van der Waals surface area contributed by atoms with E-state index in [2.05, 4.69) is 17.6 Å². The van der Waals surface area contributed by atoms with Gasteiger partial charge in [-0.05, 0) is 44.1 Å². The van der Waals surface area contributed by atoms with Crippen LogP contribution in [-0.4, -0.2) is 39.3 Å². The molecule has 1 atom stereocenters. The largest absolute Gasteiger partial charge is 0.385 e. The summed E-state index contributed by atoms with van der Waals surface area (Å²) in [6, 6.07) is 0. The van der Waals surface area contributed by atoms with Crippen molar-refractivity contribution in [3.63, 3.8) is 0 Å². The molecule has 1 amide bonds. The zero-order valence-electron chi connectivity index (χ0n) is 12.4. The van der Waals surface area contributed by atoms with Crippen LogP contribution in [0.1, 0.15) is 45.4 Å². The minimum absolute atomic E-state index is 0.147. The summed E-state index contributed by atoms with van der Waals surface area (Å²) in [6.45, 7) is 5.62. The van der Waals surface area contributed by atoms with Crippen LogP contribution in [-0.2, 0) is 9.53 Å². The molecule has 1 saturated carbocycles. The molecule has 1 aliphatic heterocycles. The topological polar surface area (TPSA) is 50.4 Å². The van der Waals surface area contributed by atoms with Gasteiger partial charge in [0.2, 0.25) is 5.91 Å². The van der Waals surface area contributed by atoms with Gasteiger partial charge < -0.3 is 15.4 Å². The molecule has 2 fully saturated rings. The van der Waals surface area contributed by atoms with Crippen molar-refractivity contribution in [3.05, 3.63) is 0 Å². The van der Waals surface area contributed by atoms with E-state index in [9.17, 15) is 4.79 Å². The van der Waals surface area contributed by atoms with Gasteiger partial charge in [-0.1, -0.05) is 13.3 Å². The van der Waals surface area contributed by atoms with E-state index in [0.717, 1.165) is 51.9 Å². The molecule has 1 unspecified atom stereocenters. The van der Waals surface area contributed by atoms with E-state index in [1.165, 1.54) is 12.8 Å². The fraction of sp³-hybridized carbons (Fsp3) is 0.933. The number of hydrogen-bond acceptors (Lipinski definition) is 3. The highest BCUT2D eigenvalue weighted by molar-refractivity contribution is 5.83. The smallest absolute Gasteiger partial charge is 0.227 e. The number of rotatable bonds is 8. The second kappa shape index (κ2) is 6.23. The van der Waals surface area contributed by atoms with Crippen molar-refractivity contribution in [1.29, 1.82) is 0 Å². The Kier molecular flexibility index (Phi) is 4.85. The molecule has 0 bridgehead atoms. The Labute approximate surface area is 116 Å². The Morgan fingerprint density at radius 3 is 2.63 bits per heavy atom. The van der Waals surface area contributed by atoms with Gasteiger partial charge >= 0.3 is 0 Å². The molecule has 0 aromatic carbocycles. The van der Waals surface area contributed by atoms with Crippen LogP contribution in [0.5, 0.6) is 0 Å². The van der Waals surface area contributed by atoms with E-state index in [1.807, 2.05) is 0 Å². The van der Waals surface area contributed by atoms with E-state index in [4.69, 9.17) is 4.74 Å². The minimum Gasteiger partial charge on any atom is -0.385 e. The fourth-order valence-electron chi connectivity index (χ4n) is 3.21. The van der Waals surface area contributed by atoms with Gasteiger partial charge in [-0.25, -0.2) is 0 Å². The average Bonchev–Trinajstić information content (AvgIpc) is 3.03. The molecule has 2 rings (SSSR count). The Balaban J connectivity index is 1.83. The number of carbonyl (C=O) groups excluding carboxylic acids is 1. The van der Waals surface area contributed by atoms with Crippen molar-refractivity contribution in [3.8, 4) is 0 Å². The molecule has 110 valence electrons. The van der Waals surface area contributed by atoms with E-state index < -0.39 is 0 Å². The van der Waals surface area contributed by atoms with Gasteiger partial charge in [0, 0.05) is 26.8 Å². The monoisotopic (exact) mass is 268 g/mol. The van der Waals surface area contributed by atoms with Crippen molar-refractivity contribution >= 4 is 5.91 Å². The molecule has 1 heterocycles. The maximum Gasteiger partial charge on any atom is 0.227 e. The quantitative estimate of drug-likeness (QED) is 0.704. The van der Waals surface area contributed by atoms with Crippen LogP contribution in [0, 0.1) is 10.8 Å². The maximum atomic E-state index is 12.5. The summed E-state index contributed by atoms with van der Waals surface area (Å²) in [6.07, 6.45) is 6.59. The summed E-state index contributed by atoms with van der Waals surface area (Å²) in [5.74, 6) is 0.267. The van der Waals surface area contributed by atoms with Crippen LogP contribution in [0.25, 0.3) is 0 Å². The first-order valence-corrected chi connectivity index (χ1v) is 7.64. The third-order valence-electron chi connectivity index (χ3n) is 4.87. The Morgan fingerprint density at radius 2 is 2.11 bits per heavy atom. The van der Waals surface area contributed by atoms with Gasteiger partial charge in [-0.2, -0.15) is 0 Å². The van der Waals surface area contributed by atoms with Crippen LogP contribution < -0.4 is 10.6 Å².